The van der Waals surface area contributed by atoms with Crippen molar-refractivity contribution in [2.75, 3.05) is 6.61 Å². The smallest absolute Gasteiger partial charge is 0.0843 e. The molecule has 1 rings (SSSR count). The Balaban J connectivity index is 2.76. The molecule has 0 radical (unpaired) electrons. The van der Waals surface area contributed by atoms with Gasteiger partial charge in [0.1, 0.15) is 0 Å². The highest BCUT2D eigenvalue weighted by Crippen LogP contribution is 2.26. The van der Waals surface area contributed by atoms with Gasteiger partial charge in [0.2, 0.25) is 0 Å². The topological polar surface area (TPSA) is 29.5 Å². The van der Waals surface area contributed by atoms with Crippen molar-refractivity contribution < 1.29 is 9.84 Å². The summed E-state index contributed by atoms with van der Waals surface area (Å²) in [5.74, 6) is 0. The largest absolute Gasteiger partial charge is 0.390 e. The van der Waals surface area contributed by atoms with Crippen LogP contribution < -0.4 is 0 Å². The van der Waals surface area contributed by atoms with Crippen molar-refractivity contribution in [3.8, 4) is 0 Å². The van der Waals surface area contributed by atoms with Crippen molar-refractivity contribution in [2.24, 2.45) is 0 Å². The minimum Gasteiger partial charge on any atom is -0.390 e. The molecule has 17 heavy (non-hydrogen) atoms. The fourth-order valence-corrected chi connectivity index (χ4v) is 2.33. The van der Waals surface area contributed by atoms with Crippen LogP contribution >= 0.6 is 23.2 Å². The second-order valence-electron chi connectivity index (χ2n) is 3.87. The molecule has 0 fully saturated rings. The van der Waals surface area contributed by atoms with E-state index in [0.717, 1.165) is 12.0 Å². The zero-order valence-corrected chi connectivity index (χ0v) is 11.6. The molecular formula is C13H18Cl2O2. The predicted molar refractivity (Wildman–Crippen MR) is 71.9 cm³/mol. The third-order valence-corrected chi connectivity index (χ3v) is 3.40. The van der Waals surface area contributed by atoms with Crippen molar-refractivity contribution >= 4 is 23.2 Å². The first-order valence-corrected chi connectivity index (χ1v) is 6.58. The highest BCUT2D eigenvalue weighted by atomic mass is 35.5. The van der Waals surface area contributed by atoms with Crippen molar-refractivity contribution in [3.05, 3.63) is 33.8 Å². The average molecular weight is 277 g/mol. The normalized spacial score (nSPS) is 14.6. The lowest BCUT2D eigenvalue weighted by molar-refractivity contribution is -0.0334. The van der Waals surface area contributed by atoms with Crippen LogP contribution in [-0.2, 0) is 11.2 Å². The van der Waals surface area contributed by atoms with E-state index in [4.69, 9.17) is 27.9 Å². The molecule has 0 aromatic heterocycles. The van der Waals surface area contributed by atoms with Gasteiger partial charge in [-0.1, -0.05) is 36.2 Å². The van der Waals surface area contributed by atoms with E-state index < -0.39 is 6.10 Å². The molecule has 0 bridgehead atoms. The number of benzene rings is 1. The van der Waals surface area contributed by atoms with Crippen molar-refractivity contribution in [1.29, 1.82) is 0 Å². The number of hydrogen-bond acceptors (Lipinski definition) is 2. The summed E-state index contributed by atoms with van der Waals surface area (Å²) in [7, 11) is 0. The molecule has 0 heterocycles. The summed E-state index contributed by atoms with van der Waals surface area (Å²) < 4.78 is 5.47. The number of ether oxygens (including phenoxy) is 1. The van der Waals surface area contributed by atoms with Gasteiger partial charge in [0.25, 0.3) is 0 Å². The number of hydrogen-bond donors (Lipinski definition) is 1. The molecule has 0 aliphatic carbocycles. The Bertz CT molecular complexity index is 335. The van der Waals surface area contributed by atoms with Crippen LogP contribution in [-0.4, -0.2) is 23.9 Å². The molecule has 0 spiro atoms. The average Bonchev–Trinajstić information content (AvgIpc) is 2.30. The number of aliphatic hydroxyl groups is 1. The van der Waals surface area contributed by atoms with Gasteiger partial charge in [0.15, 0.2) is 0 Å². The van der Waals surface area contributed by atoms with Gasteiger partial charge >= 0.3 is 0 Å². The van der Waals surface area contributed by atoms with E-state index in [9.17, 15) is 5.11 Å². The molecule has 0 aliphatic rings. The fourth-order valence-electron chi connectivity index (χ4n) is 1.78. The molecule has 4 heteroatoms. The van der Waals surface area contributed by atoms with Gasteiger partial charge in [-0.25, -0.2) is 0 Å². The van der Waals surface area contributed by atoms with E-state index >= 15 is 0 Å². The summed E-state index contributed by atoms with van der Waals surface area (Å²) in [4.78, 5) is 0. The van der Waals surface area contributed by atoms with E-state index in [1.54, 1.807) is 18.2 Å². The maximum absolute atomic E-state index is 10.1. The lowest BCUT2D eigenvalue weighted by Gasteiger charge is -2.22. The second-order valence-corrected chi connectivity index (χ2v) is 4.69. The van der Waals surface area contributed by atoms with Crippen molar-refractivity contribution in [3.63, 3.8) is 0 Å². The minimum absolute atomic E-state index is 0.174. The Morgan fingerprint density at radius 1 is 1.24 bits per heavy atom. The molecule has 0 saturated carbocycles. The first kappa shape index (κ1) is 14.8. The molecule has 0 amide bonds. The van der Waals surface area contributed by atoms with Gasteiger partial charge in [0, 0.05) is 23.1 Å². The van der Waals surface area contributed by atoms with Gasteiger partial charge in [0.05, 0.1) is 12.2 Å². The minimum atomic E-state index is -0.586. The van der Waals surface area contributed by atoms with Gasteiger partial charge < -0.3 is 9.84 Å². The zero-order chi connectivity index (χ0) is 12.8. The lowest BCUT2D eigenvalue weighted by Crippen LogP contribution is -2.30. The SMILES string of the molecule is CCOC(CC)C(O)Cc1c(Cl)cccc1Cl. The van der Waals surface area contributed by atoms with Crippen LogP contribution in [0.4, 0.5) is 0 Å². The quantitative estimate of drug-likeness (QED) is 0.858. The molecular weight excluding hydrogens is 259 g/mol. The Hall–Kier alpha value is -0.280. The summed E-state index contributed by atoms with van der Waals surface area (Å²) in [5.41, 5.74) is 0.779. The summed E-state index contributed by atoms with van der Waals surface area (Å²) >= 11 is 12.1. The van der Waals surface area contributed by atoms with Gasteiger partial charge in [-0.3, -0.25) is 0 Å². The molecule has 1 aromatic rings. The van der Waals surface area contributed by atoms with Gasteiger partial charge in [-0.05, 0) is 31.0 Å². The third-order valence-electron chi connectivity index (χ3n) is 2.69. The molecule has 2 atom stereocenters. The third kappa shape index (κ3) is 4.14. The van der Waals surface area contributed by atoms with Crippen LogP contribution in [0.5, 0.6) is 0 Å². The van der Waals surface area contributed by atoms with Crippen LogP contribution in [0, 0.1) is 0 Å². The highest BCUT2D eigenvalue weighted by Gasteiger charge is 2.20. The predicted octanol–water partition coefficient (Wildman–Crippen LogP) is 3.71. The summed E-state index contributed by atoms with van der Waals surface area (Å²) in [5, 5.41) is 11.3. The van der Waals surface area contributed by atoms with Crippen LogP contribution in [0.15, 0.2) is 18.2 Å². The van der Waals surface area contributed by atoms with Crippen molar-refractivity contribution in [2.45, 2.75) is 38.9 Å². The number of aliphatic hydroxyl groups excluding tert-OH is 1. The van der Waals surface area contributed by atoms with E-state index in [0.29, 0.717) is 23.1 Å². The summed E-state index contributed by atoms with van der Waals surface area (Å²) in [6.45, 7) is 4.49. The van der Waals surface area contributed by atoms with Crippen LogP contribution in [0.3, 0.4) is 0 Å². The Morgan fingerprint density at radius 2 is 1.82 bits per heavy atom. The molecule has 96 valence electrons. The first-order valence-electron chi connectivity index (χ1n) is 5.82. The summed E-state index contributed by atoms with van der Waals surface area (Å²) in [6.07, 6.45) is 0.415. The van der Waals surface area contributed by atoms with Crippen molar-refractivity contribution in [1.82, 2.24) is 0 Å². The molecule has 1 N–H and O–H groups in total. The standard InChI is InChI=1S/C13H18Cl2O2/c1-3-13(17-4-2)12(16)8-9-10(14)6-5-7-11(9)15/h5-7,12-13,16H,3-4,8H2,1-2H3. The van der Waals surface area contributed by atoms with E-state index in [-0.39, 0.29) is 6.10 Å². The lowest BCUT2D eigenvalue weighted by atomic mass is 10.0. The molecule has 0 aliphatic heterocycles. The molecule has 2 nitrogen and oxygen atoms in total. The van der Waals surface area contributed by atoms with E-state index in [1.165, 1.54) is 0 Å². The maximum atomic E-state index is 10.1. The van der Waals surface area contributed by atoms with Gasteiger partial charge in [-0.2, -0.15) is 0 Å². The first-order chi connectivity index (χ1) is 8.10. The number of halogens is 2. The van der Waals surface area contributed by atoms with Crippen LogP contribution in [0.1, 0.15) is 25.8 Å². The second kappa shape index (κ2) is 7.22. The summed E-state index contributed by atoms with van der Waals surface area (Å²) in [6, 6.07) is 5.34. The Kier molecular flexibility index (Phi) is 6.28. The molecule has 1 aromatic carbocycles. The van der Waals surface area contributed by atoms with Gasteiger partial charge in [-0.15, -0.1) is 0 Å². The molecule has 0 saturated heterocycles. The highest BCUT2D eigenvalue weighted by molar-refractivity contribution is 6.35. The zero-order valence-electron chi connectivity index (χ0n) is 10.1. The fraction of sp³-hybridized carbons (Fsp3) is 0.538. The Morgan fingerprint density at radius 3 is 2.29 bits per heavy atom. The number of rotatable bonds is 6. The van der Waals surface area contributed by atoms with Crippen LogP contribution in [0.25, 0.3) is 0 Å². The molecule has 2 unspecified atom stereocenters. The monoisotopic (exact) mass is 276 g/mol. The van der Waals surface area contributed by atoms with Crippen LogP contribution in [0.2, 0.25) is 10.0 Å². The van der Waals surface area contributed by atoms with E-state index in [1.807, 2.05) is 13.8 Å². The van der Waals surface area contributed by atoms with E-state index in [2.05, 4.69) is 0 Å². The maximum Gasteiger partial charge on any atom is 0.0843 e. The Labute approximate surface area is 113 Å².